The molecule has 0 bridgehead atoms. The smallest absolute Gasteiger partial charge is 1.00 e. The van der Waals surface area contributed by atoms with E-state index in [1.807, 2.05) is 0 Å². The zero-order valence-corrected chi connectivity index (χ0v) is 93.8. The molecule has 753 valence electrons. The zero-order valence-electron chi connectivity index (χ0n) is 92.8. The first-order chi connectivity index (χ1) is 60.3. The van der Waals surface area contributed by atoms with E-state index in [9.17, 15) is 40.5 Å². The second kappa shape index (κ2) is 42.2. The van der Waals surface area contributed by atoms with E-state index in [1.54, 1.807) is 22.3 Å². The minimum absolute atomic E-state index is 0. The molecule has 0 saturated heterocycles. The summed E-state index contributed by atoms with van der Waals surface area (Å²) in [5, 5.41) is 84.3. The number of fused-ring (bicyclic) bond motifs is 20. The molecule has 11 heteroatoms. The summed E-state index contributed by atoms with van der Waals surface area (Å²) in [6.07, 6.45) is 59.4. The fourth-order valence-corrected chi connectivity index (χ4v) is 35.9. The molecule has 3 radical (unpaired) electrons. The van der Waals surface area contributed by atoms with E-state index in [1.165, 1.54) is 148 Å². The molecule has 0 amide bonds. The van der Waals surface area contributed by atoms with Crippen LogP contribution >= 0.6 is 0 Å². The number of hydrogen-bond donors (Lipinski definition) is 8. The number of ketones is 1. The maximum atomic E-state index is 13.2. The zero-order chi connectivity index (χ0) is 96.1. The number of aliphatic hydroxyl groups is 8. The Kier molecular flexibility index (Phi) is 36.2. The summed E-state index contributed by atoms with van der Waals surface area (Å²) in [5.74, 6) is 14.0. The van der Waals surface area contributed by atoms with Crippen LogP contribution in [-0.2, 0) is 4.79 Å². The van der Waals surface area contributed by atoms with Crippen molar-refractivity contribution in [1.82, 2.24) is 0 Å². The molecule has 0 spiro atoms. The Morgan fingerprint density at radius 3 is 0.758 bits per heavy atom. The predicted molar refractivity (Wildman–Crippen MR) is 551 cm³/mol. The molecule has 16 rings (SSSR count). The summed E-state index contributed by atoms with van der Waals surface area (Å²) in [6.45, 7) is 65.7. The Hall–Kier alpha value is -0.625. The Morgan fingerprint density at radius 1 is 0.333 bits per heavy atom. The molecular weight excluding hydrogens is 1630 g/mol. The van der Waals surface area contributed by atoms with Gasteiger partial charge in [-0.05, 0) is 454 Å². The summed E-state index contributed by atoms with van der Waals surface area (Å²) in [6, 6.07) is 0. The van der Waals surface area contributed by atoms with Gasteiger partial charge in [0.05, 0.1) is 40.7 Å². The third-order valence-electron chi connectivity index (χ3n) is 45.5. The molecule has 35 atom stereocenters. The van der Waals surface area contributed by atoms with Crippen molar-refractivity contribution in [2.24, 2.45) is 183 Å². The summed E-state index contributed by atoms with van der Waals surface area (Å²) >= 11 is 0. The normalized spacial score (nSPS) is 44.3. The number of aliphatic hydroxyl groups excluding tert-OH is 4. The van der Waals surface area contributed by atoms with Crippen molar-refractivity contribution >= 4 is 14.2 Å². The van der Waals surface area contributed by atoms with Gasteiger partial charge in [-0.1, -0.05) is 240 Å². The maximum absolute atomic E-state index is 13.2. The average molecular weight is 1840 g/mol. The minimum atomic E-state index is -0.470. The van der Waals surface area contributed by atoms with E-state index in [-0.39, 0.29) is 74.5 Å². The molecule has 16 aliphatic carbocycles. The van der Waals surface area contributed by atoms with E-state index < -0.39 is 22.4 Å². The van der Waals surface area contributed by atoms with Crippen molar-refractivity contribution in [1.29, 1.82) is 0 Å². The van der Waals surface area contributed by atoms with Crippen molar-refractivity contribution in [2.75, 3.05) is 7.11 Å². The predicted octanol–water partition coefficient (Wildman–Crippen LogP) is 26.7. The Bertz CT molecular complexity index is 3640. The molecule has 0 aliphatic heterocycles. The van der Waals surface area contributed by atoms with Gasteiger partial charge in [0.25, 0.3) is 0 Å². The number of allylic oxidation sites excluding steroid dienone is 4. The van der Waals surface area contributed by atoms with Crippen LogP contribution < -0.4 is 29.6 Å². The third kappa shape index (κ3) is 22.6. The van der Waals surface area contributed by atoms with Crippen molar-refractivity contribution in [3.63, 3.8) is 0 Å². The van der Waals surface area contributed by atoms with Gasteiger partial charge in [-0.2, -0.15) is 0 Å². The van der Waals surface area contributed by atoms with E-state index in [0.717, 1.165) is 213 Å². The number of Topliss-reactive ketones (excluding diaryl/α,β-unsaturated/α-hetero) is 1. The van der Waals surface area contributed by atoms with Gasteiger partial charge >= 0.3 is 29.6 Å². The first-order valence-corrected chi connectivity index (χ1v) is 56.0. The topological polar surface area (TPSA) is 179 Å². The maximum Gasteiger partial charge on any atom is 1.00 e. The van der Waals surface area contributed by atoms with Gasteiger partial charge < -0.3 is 42.3 Å². The molecule has 132 heavy (non-hydrogen) atoms. The molecule has 0 aromatic carbocycles. The quantitative estimate of drug-likeness (QED) is 0.0435. The molecular formula is C121H211BNaO9. The Balaban J connectivity index is 0.000000197. The summed E-state index contributed by atoms with van der Waals surface area (Å²) < 4.78 is 0. The van der Waals surface area contributed by atoms with Crippen LogP contribution in [0.15, 0.2) is 46.6 Å². The molecule has 0 heterocycles. The second-order valence-corrected chi connectivity index (χ2v) is 56.9. The average Bonchev–Trinajstić information content (AvgIpc) is 1.68. The summed E-state index contributed by atoms with van der Waals surface area (Å²) in [5.41, 5.74) is 8.32. The standard InChI is InChI=1S/3C30H52O2.C30H50O2.CH4O.B.Na.H/c4*1-8-30(32)18-17-28(6)21(19-30)9-10-22-24-12-11-23(29(24,7)16-13-25(22)28)20(2)26(31)14-15-27(3,4)5;1-2;;;/h3*9,20,22-26,31-32H,8,10-19H2,1-7H3;9,20,22-25,32H,8,10-19H2,1-7H3;2H,1H3;;;/q;;;;;;+1;-1/t2*20-,22-,23+,24-,25-,26+,28-,29+,30-;20-,22-,23+,24-,25-,26-,28-,29+,30-;20-,22-,23+,24-,25-,28-,29+,30-;;;;/m0000..../s1. The molecule has 16 aliphatic rings. The fourth-order valence-electron chi connectivity index (χ4n) is 35.9. The van der Waals surface area contributed by atoms with Gasteiger partial charge in [-0.25, -0.2) is 0 Å². The van der Waals surface area contributed by atoms with Crippen molar-refractivity contribution in [3.05, 3.63) is 46.6 Å². The van der Waals surface area contributed by atoms with Crippen LogP contribution in [0.4, 0.5) is 0 Å². The van der Waals surface area contributed by atoms with Crippen LogP contribution in [0.3, 0.4) is 0 Å². The van der Waals surface area contributed by atoms with Gasteiger partial charge in [0, 0.05) is 27.9 Å². The monoisotopic (exact) mass is 1840 g/mol. The molecule has 8 N–H and O–H groups in total. The van der Waals surface area contributed by atoms with Gasteiger partial charge in [-0.3, -0.25) is 4.79 Å². The van der Waals surface area contributed by atoms with Gasteiger partial charge in [0.2, 0.25) is 0 Å². The van der Waals surface area contributed by atoms with Crippen LogP contribution in [0.25, 0.3) is 0 Å². The number of rotatable bonds is 20. The molecule has 12 fully saturated rings. The second-order valence-electron chi connectivity index (χ2n) is 56.9. The minimum Gasteiger partial charge on any atom is -1.00 e. The van der Waals surface area contributed by atoms with Gasteiger partial charge in [-0.15, -0.1) is 0 Å². The molecule has 0 aromatic rings. The Labute approximate surface area is 838 Å². The van der Waals surface area contributed by atoms with Crippen LogP contribution in [-0.4, -0.2) is 103 Å². The molecule has 12 saturated carbocycles. The number of carbonyl (C=O) groups is 1. The van der Waals surface area contributed by atoms with Gasteiger partial charge in [0.15, 0.2) is 0 Å². The van der Waals surface area contributed by atoms with Crippen LogP contribution in [0, 0.1) is 183 Å². The third-order valence-corrected chi connectivity index (χ3v) is 45.5. The van der Waals surface area contributed by atoms with Crippen LogP contribution in [0.5, 0.6) is 0 Å². The fraction of sp³-hybridized carbons (Fsp3) is 0.926. The van der Waals surface area contributed by atoms with Crippen molar-refractivity contribution in [2.45, 2.75) is 517 Å². The Morgan fingerprint density at radius 2 is 0.545 bits per heavy atom. The van der Waals surface area contributed by atoms with Crippen LogP contribution in [0.1, 0.15) is 478 Å². The van der Waals surface area contributed by atoms with Crippen LogP contribution in [0.2, 0.25) is 0 Å². The SMILES string of the molecule is CC[C@]1(O)CC[C@@]2(C)C(=CC[C@H]3[C@@H]4CC[C@H]([C@H](C)C(=O)CCC(C)(C)C)[C@@]4(C)CC[C@@H]32)C1.CC[C@]1(O)CC[C@@]2(C)C(=CC[C@H]3[C@@H]4CC[C@H]([C@H](C)[C@@H](O)CCC(C)(C)C)[C@@]4(C)CC[C@@H]32)C1.CC[C@]1(O)CC[C@@]2(C)C(=CC[C@H]3[C@@H]4CC[C@H]([C@H](C)[C@H](O)CCC(C)(C)C)[C@@]4(C)CC[C@@H]32)C1.CC[C@]1(O)CC[C@@]2(C)C(=CC[C@H]3[C@@H]4CC[C@H]([C@H](C)[C@H](O)CCC(C)(C)C)[C@@]4(C)CC[C@@H]32)C1.CO.[B].[H-].[Na+]. The van der Waals surface area contributed by atoms with Crippen molar-refractivity contribution in [3.8, 4) is 0 Å². The molecule has 9 nitrogen and oxygen atoms in total. The number of hydrogen-bond acceptors (Lipinski definition) is 9. The van der Waals surface area contributed by atoms with E-state index >= 15 is 0 Å². The van der Waals surface area contributed by atoms with Crippen molar-refractivity contribution < 1.29 is 76.6 Å². The van der Waals surface area contributed by atoms with E-state index in [2.05, 4.69) is 218 Å². The van der Waals surface area contributed by atoms with Gasteiger partial charge in [0.1, 0.15) is 5.78 Å². The first kappa shape index (κ1) is 113. The first-order valence-electron chi connectivity index (χ1n) is 56.0. The summed E-state index contributed by atoms with van der Waals surface area (Å²) in [4.78, 5) is 13.2. The number of carbonyl (C=O) groups excluding carboxylic acids is 1. The van der Waals surface area contributed by atoms with E-state index in [0.29, 0.717) is 101 Å². The largest absolute Gasteiger partial charge is 1.00 e. The van der Waals surface area contributed by atoms with E-state index in [4.69, 9.17) is 5.11 Å². The molecule has 0 unspecified atom stereocenters. The summed E-state index contributed by atoms with van der Waals surface area (Å²) in [7, 11) is 1.00. The molecule has 0 aromatic heterocycles.